The summed E-state index contributed by atoms with van der Waals surface area (Å²) in [6, 6.07) is 0.0129. The van der Waals surface area contributed by atoms with Gasteiger partial charge in [-0.1, -0.05) is 33.6 Å². The molecular weight excluding hydrogens is 264 g/mol. The van der Waals surface area contributed by atoms with E-state index < -0.39 is 0 Å². The minimum absolute atomic E-state index is 0.0129. The molecule has 0 aromatic rings. The number of hydrogen-bond donors (Lipinski definition) is 1. The summed E-state index contributed by atoms with van der Waals surface area (Å²) in [5.74, 6) is 1.53. The van der Waals surface area contributed by atoms with Crippen molar-refractivity contribution in [2.24, 2.45) is 11.8 Å². The van der Waals surface area contributed by atoms with E-state index in [2.05, 4.69) is 31.0 Å². The van der Waals surface area contributed by atoms with Gasteiger partial charge < -0.3 is 9.64 Å². The zero-order valence-electron chi connectivity index (χ0n) is 13.9. The number of carbonyl (C=O) groups is 1. The third-order valence-electron chi connectivity index (χ3n) is 4.81. The maximum absolute atomic E-state index is 12.6. The second-order valence-corrected chi connectivity index (χ2v) is 6.74. The monoisotopic (exact) mass is 296 g/mol. The number of amides is 1. The molecule has 1 heterocycles. The molecule has 122 valence electrons. The maximum atomic E-state index is 12.6. The van der Waals surface area contributed by atoms with Crippen molar-refractivity contribution in [2.45, 2.75) is 71.5 Å². The molecule has 2 rings (SSSR count). The third-order valence-corrected chi connectivity index (χ3v) is 4.81. The van der Waals surface area contributed by atoms with E-state index in [4.69, 9.17) is 4.74 Å². The standard InChI is InChI=1S/C17H32N2O2/c1-4-7-15-18-16(13(3)5-2)17(20)19(15)10-6-11-21-12-14-8-9-14/h13-16,18H,4-12H2,1-3H3. The highest BCUT2D eigenvalue weighted by molar-refractivity contribution is 5.84. The molecule has 1 saturated heterocycles. The highest BCUT2D eigenvalue weighted by atomic mass is 16.5. The minimum atomic E-state index is 0.0129. The minimum Gasteiger partial charge on any atom is -0.381 e. The summed E-state index contributed by atoms with van der Waals surface area (Å²) in [4.78, 5) is 14.7. The lowest BCUT2D eigenvalue weighted by molar-refractivity contribution is -0.131. The van der Waals surface area contributed by atoms with Crippen molar-refractivity contribution in [1.82, 2.24) is 10.2 Å². The molecule has 1 amide bonds. The molecule has 3 unspecified atom stereocenters. The molecule has 1 aliphatic carbocycles. The van der Waals surface area contributed by atoms with Crippen LogP contribution in [0.2, 0.25) is 0 Å². The predicted octanol–water partition coefficient (Wildman–Crippen LogP) is 2.78. The van der Waals surface area contributed by atoms with Crippen molar-refractivity contribution in [3.05, 3.63) is 0 Å². The van der Waals surface area contributed by atoms with Crippen molar-refractivity contribution >= 4 is 5.91 Å². The van der Waals surface area contributed by atoms with Crippen molar-refractivity contribution < 1.29 is 9.53 Å². The van der Waals surface area contributed by atoms with E-state index in [0.717, 1.165) is 51.4 Å². The van der Waals surface area contributed by atoms with Crippen LogP contribution in [0.25, 0.3) is 0 Å². The van der Waals surface area contributed by atoms with E-state index in [1.54, 1.807) is 0 Å². The Balaban J connectivity index is 1.77. The topological polar surface area (TPSA) is 41.6 Å². The van der Waals surface area contributed by atoms with Gasteiger partial charge >= 0.3 is 0 Å². The van der Waals surface area contributed by atoms with Crippen LogP contribution in [0.4, 0.5) is 0 Å². The van der Waals surface area contributed by atoms with E-state index in [-0.39, 0.29) is 12.2 Å². The third kappa shape index (κ3) is 4.68. The highest BCUT2D eigenvalue weighted by Gasteiger charge is 2.39. The van der Waals surface area contributed by atoms with Crippen LogP contribution >= 0.6 is 0 Å². The predicted molar refractivity (Wildman–Crippen MR) is 84.9 cm³/mol. The van der Waals surface area contributed by atoms with Gasteiger partial charge in [0.25, 0.3) is 0 Å². The summed E-state index contributed by atoms with van der Waals surface area (Å²) in [5, 5.41) is 3.55. The van der Waals surface area contributed by atoms with Gasteiger partial charge in [0.05, 0.1) is 12.2 Å². The highest BCUT2D eigenvalue weighted by Crippen LogP contribution is 2.28. The van der Waals surface area contributed by atoms with Crippen LogP contribution in [-0.2, 0) is 9.53 Å². The van der Waals surface area contributed by atoms with Crippen molar-refractivity contribution in [3.8, 4) is 0 Å². The molecule has 1 saturated carbocycles. The lowest BCUT2D eigenvalue weighted by atomic mass is 9.99. The van der Waals surface area contributed by atoms with E-state index >= 15 is 0 Å². The number of ether oxygens (including phenoxy) is 1. The van der Waals surface area contributed by atoms with E-state index in [1.807, 2.05) is 0 Å². The van der Waals surface area contributed by atoms with Crippen LogP contribution < -0.4 is 5.32 Å². The molecule has 0 bridgehead atoms. The Morgan fingerprint density at radius 3 is 2.76 bits per heavy atom. The summed E-state index contributed by atoms with van der Waals surface area (Å²) in [7, 11) is 0. The van der Waals surface area contributed by atoms with Crippen LogP contribution in [0.3, 0.4) is 0 Å². The molecule has 2 fully saturated rings. The van der Waals surface area contributed by atoms with Crippen LogP contribution in [0, 0.1) is 11.8 Å². The molecule has 1 N–H and O–H groups in total. The van der Waals surface area contributed by atoms with Gasteiger partial charge in [0.1, 0.15) is 0 Å². The molecule has 0 aromatic carbocycles. The van der Waals surface area contributed by atoms with Crippen LogP contribution in [-0.4, -0.2) is 42.8 Å². The fraction of sp³-hybridized carbons (Fsp3) is 0.941. The molecule has 3 atom stereocenters. The van der Waals surface area contributed by atoms with Gasteiger partial charge in [0.2, 0.25) is 5.91 Å². The second kappa shape index (κ2) is 8.14. The van der Waals surface area contributed by atoms with E-state index in [9.17, 15) is 4.79 Å². The van der Waals surface area contributed by atoms with Crippen molar-refractivity contribution in [2.75, 3.05) is 19.8 Å². The molecule has 21 heavy (non-hydrogen) atoms. The van der Waals surface area contributed by atoms with Gasteiger partial charge in [-0.15, -0.1) is 0 Å². The first-order valence-electron chi connectivity index (χ1n) is 8.81. The summed E-state index contributed by atoms with van der Waals surface area (Å²) < 4.78 is 5.68. The quantitative estimate of drug-likeness (QED) is 0.630. The van der Waals surface area contributed by atoms with Crippen LogP contribution in [0.5, 0.6) is 0 Å². The fourth-order valence-corrected chi connectivity index (χ4v) is 2.99. The molecule has 1 aliphatic heterocycles. The maximum Gasteiger partial charge on any atom is 0.241 e. The first-order valence-corrected chi connectivity index (χ1v) is 8.81. The van der Waals surface area contributed by atoms with Crippen LogP contribution in [0.1, 0.15) is 59.3 Å². The average molecular weight is 296 g/mol. The van der Waals surface area contributed by atoms with Gasteiger partial charge in [-0.3, -0.25) is 10.1 Å². The normalized spacial score (nSPS) is 27.4. The van der Waals surface area contributed by atoms with Gasteiger partial charge in [0, 0.05) is 19.8 Å². The molecule has 0 spiro atoms. The number of nitrogens with zero attached hydrogens (tertiary/aromatic N) is 1. The molecule has 0 aromatic heterocycles. The summed E-state index contributed by atoms with van der Waals surface area (Å²) >= 11 is 0. The van der Waals surface area contributed by atoms with Gasteiger partial charge in [0.15, 0.2) is 0 Å². The lowest BCUT2D eigenvalue weighted by Gasteiger charge is -2.23. The Bertz CT molecular complexity index is 331. The van der Waals surface area contributed by atoms with E-state index in [0.29, 0.717) is 11.8 Å². The molecule has 0 radical (unpaired) electrons. The zero-order chi connectivity index (χ0) is 15.2. The summed E-state index contributed by atoms with van der Waals surface area (Å²) in [6.07, 6.45) is 7.04. The Hall–Kier alpha value is -0.610. The van der Waals surface area contributed by atoms with Gasteiger partial charge in [-0.25, -0.2) is 0 Å². The van der Waals surface area contributed by atoms with E-state index in [1.165, 1.54) is 12.8 Å². The largest absolute Gasteiger partial charge is 0.381 e. The smallest absolute Gasteiger partial charge is 0.241 e. The molecule has 4 nitrogen and oxygen atoms in total. The Morgan fingerprint density at radius 2 is 2.14 bits per heavy atom. The summed E-state index contributed by atoms with van der Waals surface area (Å²) in [5.41, 5.74) is 0. The Labute approximate surface area is 129 Å². The number of rotatable bonds is 10. The van der Waals surface area contributed by atoms with Crippen LogP contribution in [0.15, 0.2) is 0 Å². The molecule has 4 heteroatoms. The lowest BCUT2D eigenvalue weighted by Crippen LogP contribution is -2.38. The molecular formula is C17H32N2O2. The number of carbonyl (C=O) groups excluding carboxylic acids is 1. The van der Waals surface area contributed by atoms with Gasteiger partial charge in [-0.05, 0) is 37.5 Å². The first-order chi connectivity index (χ1) is 10.2. The van der Waals surface area contributed by atoms with Crippen molar-refractivity contribution in [3.63, 3.8) is 0 Å². The zero-order valence-corrected chi connectivity index (χ0v) is 13.9. The fourth-order valence-electron chi connectivity index (χ4n) is 2.99. The first kappa shape index (κ1) is 16.8. The summed E-state index contributed by atoms with van der Waals surface area (Å²) in [6.45, 7) is 9.03. The number of nitrogens with one attached hydrogen (secondary N) is 1. The second-order valence-electron chi connectivity index (χ2n) is 6.74. The Kier molecular flexibility index (Phi) is 6.49. The average Bonchev–Trinajstić information content (AvgIpc) is 3.25. The SMILES string of the molecule is CCCC1NC(C(C)CC)C(=O)N1CCCOCC1CC1. The molecule has 2 aliphatic rings. The number of hydrogen-bond acceptors (Lipinski definition) is 3. The van der Waals surface area contributed by atoms with Crippen molar-refractivity contribution in [1.29, 1.82) is 0 Å². The Morgan fingerprint density at radius 1 is 1.38 bits per heavy atom. The van der Waals surface area contributed by atoms with Gasteiger partial charge in [-0.2, -0.15) is 0 Å².